The first-order valence-electron chi connectivity index (χ1n) is 17.7. The molecule has 6 aliphatic rings. The Bertz CT molecular complexity index is 1130. The second-order valence-electron chi connectivity index (χ2n) is 15.1. The number of ketones is 2. The van der Waals surface area contributed by atoms with Crippen molar-refractivity contribution in [3.8, 4) is 0 Å². The smallest absolute Gasteiger partial charge is 0.350 e. The van der Waals surface area contributed by atoms with E-state index in [1.807, 2.05) is 6.92 Å². The Morgan fingerprint density at radius 2 is 1.68 bits per heavy atom. The molecule has 9 unspecified atom stereocenters. The Morgan fingerprint density at radius 3 is 2.39 bits per heavy atom. The molecule has 9 atom stereocenters. The van der Waals surface area contributed by atoms with Crippen molar-refractivity contribution in [1.29, 1.82) is 0 Å². The van der Waals surface area contributed by atoms with Gasteiger partial charge in [0.15, 0.2) is 17.2 Å². The summed E-state index contributed by atoms with van der Waals surface area (Å²) in [4.78, 5) is 42.4. The number of hydrogen-bond acceptors (Lipinski definition) is 9. The van der Waals surface area contributed by atoms with Crippen LogP contribution < -0.4 is 11.1 Å². The monoisotopic (exact) mass is 614 g/mol. The maximum Gasteiger partial charge on any atom is 0.350 e. The molecule has 0 aromatic heterocycles. The zero-order valence-electron chi connectivity index (χ0n) is 26.6. The summed E-state index contributed by atoms with van der Waals surface area (Å²) in [6.07, 6.45) is 13.4. The van der Waals surface area contributed by atoms with Crippen molar-refractivity contribution in [3.63, 3.8) is 0 Å². The van der Waals surface area contributed by atoms with Gasteiger partial charge in [0.2, 0.25) is 0 Å². The van der Waals surface area contributed by atoms with Crippen LogP contribution in [0.15, 0.2) is 11.1 Å². The number of carbonyl (C=O) groups is 3. The van der Waals surface area contributed by atoms with Gasteiger partial charge in [-0.25, -0.2) is 4.79 Å². The van der Waals surface area contributed by atoms with Crippen LogP contribution in [0.2, 0.25) is 0 Å². The average Bonchev–Trinajstić information content (AvgIpc) is 3.64. The molecule has 0 aromatic rings. The van der Waals surface area contributed by atoms with E-state index in [4.69, 9.17) is 15.2 Å². The maximum absolute atomic E-state index is 14.2. The number of esters is 1. The minimum atomic E-state index is -1.98. The van der Waals surface area contributed by atoms with Gasteiger partial charge >= 0.3 is 5.97 Å². The molecule has 0 bridgehead atoms. The molecule has 44 heavy (non-hydrogen) atoms. The molecule has 0 amide bonds. The molecule has 2 heterocycles. The van der Waals surface area contributed by atoms with Gasteiger partial charge in [-0.05, 0) is 94.6 Å². The summed E-state index contributed by atoms with van der Waals surface area (Å²) < 4.78 is 12.2. The Morgan fingerprint density at radius 1 is 0.977 bits per heavy atom. The van der Waals surface area contributed by atoms with Gasteiger partial charge in [0.25, 0.3) is 5.60 Å². The molecule has 4 saturated carbocycles. The van der Waals surface area contributed by atoms with Crippen LogP contribution in [-0.4, -0.2) is 70.5 Å². The summed E-state index contributed by atoms with van der Waals surface area (Å²) in [7, 11) is 0. The Kier molecular flexibility index (Phi) is 9.71. The zero-order chi connectivity index (χ0) is 31.1. The van der Waals surface area contributed by atoms with Crippen molar-refractivity contribution in [2.75, 3.05) is 13.2 Å². The number of epoxide rings is 1. The predicted molar refractivity (Wildman–Crippen MR) is 164 cm³/mol. The molecule has 246 valence electrons. The fourth-order valence-corrected chi connectivity index (χ4v) is 9.60. The van der Waals surface area contributed by atoms with E-state index in [1.165, 1.54) is 32.1 Å². The predicted octanol–water partition coefficient (Wildman–Crippen LogP) is 3.87. The van der Waals surface area contributed by atoms with Gasteiger partial charge in [0.1, 0.15) is 6.10 Å². The summed E-state index contributed by atoms with van der Waals surface area (Å²) in [6.45, 7) is 2.58. The highest BCUT2D eigenvalue weighted by molar-refractivity contribution is 6.23. The Hall–Kier alpha value is -1.65. The lowest BCUT2D eigenvalue weighted by Gasteiger charge is -2.37. The Labute approximate surface area is 262 Å². The lowest BCUT2D eigenvalue weighted by atomic mass is 9.60. The molecule has 4 aliphatic carbocycles. The van der Waals surface area contributed by atoms with E-state index in [0.717, 1.165) is 63.5 Å². The van der Waals surface area contributed by atoms with Crippen LogP contribution >= 0.6 is 0 Å². The van der Waals surface area contributed by atoms with Crippen LogP contribution in [0.25, 0.3) is 0 Å². The number of ether oxygens (including phenoxy) is 2. The highest BCUT2D eigenvalue weighted by Gasteiger charge is 2.87. The summed E-state index contributed by atoms with van der Waals surface area (Å²) in [5, 5.41) is 25.0. The van der Waals surface area contributed by atoms with Gasteiger partial charge in [0, 0.05) is 18.3 Å². The lowest BCUT2D eigenvalue weighted by molar-refractivity contribution is -0.166. The van der Waals surface area contributed by atoms with Crippen LogP contribution in [0.1, 0.15) is 116 Å². The van der Waals surface area contributed by atoms with Crippen LogP contribution in [0, 0.1) is 29.6 Å². The van der Waals surface area contributed by atoms with E-state index < -0.39 is 41.2 Å². The SMILES string of the molecule is CC(CCC1CCNC(N)C1)=C(CO)CC12OC1(C(=O)OC1CCC(CC3CCCCC3)C1O)C(=O)C1CCCCC1C2=O. The highest BCUT2D eigenvalue weighted by atomic mass is 16.7. The van der Waals surface area contributed by atoms with Gasteiger partial charge in [-0.15, -0.1) is 0 Å². The van der Waals surface area contributed by atoms with Crippen molar-refractivity contribution in [2.24, 2.45) is 35.3 Å². The van der Waals surface area contributed by atoms with Crippen molar-refractivity contribution >= 4 is 17.5 Å². The number of piperidine rings is 1. The van der Waals surface area contributed by atoms with Crippen molar-refractivity contribution in [3.05, 3.63) is 11.1 Å². The number of nitrogens with one attached hydrogen (secondary N) is 1. The minimum Gasteiger partial charge on any atom is -0.457 e. The molecule has 5 N–H and O–H groups in total. The van der Waals surface area contributed by atoms with Gasteiger partial charge in [0.05, 0.1) is 18.9 Å². The molecule has 6 fully saturated rings. The molecule has 9 heteroatoms. The fraction of sp³-hybridized carbons (Fsp3) is 0.857. The number of Topliss-reactive ketones (excluding diaryl/α,β-unsaturated/α-hetero) is 2. The molecule has 0 spiro atoms. The van der Waals surface area contributed by atoms with Crippen molar-refractivity contribution < 1.29 is 34.1 Å². The van der Waals surface area contributed by atoms with E-state index in [9.17, 15) is 24.6 Å². The minimum absolute atomic E-state index is 0.00374. The van der Waals surface area contributed by atoms with E-state index in [0.29, 0.717) is 36.7 Å². The second-order valence-corrected chi connectivity index (χ2v) is 15.1. The average molecular weight is 615 g/mol. The van der Waals surface area contributed by atoms with Crippen LogP contribution in [0.4, 0.5) is 0 Å². The first-order chi connectivity index (χ1) is 21.2. The number of allylic oxidation sites excluding steroid dienone is 1. The molecule has 0 aromatic carbocycles. The quantitative estimate of drug-likeness (QED) is 0.124. The highest BCUT2D eigenvalue weighted by Crippen LogP contribution is 2.62. The first kappa shape index (κ1) is 32.3. The molecule has 9 nitrogen and oxygen atoms in total. The molecular weight excluding hydrogens is 560 g/mol. The van der Waals surface area contributed by atoms with Gasteiger partial charge < -0.3 is 30.7 Å². The third-order valence-electron chi connectivity index (χ3n) is 12.4. The van der Waals surface area contributed by atoms with Gasteiger partial charge in [-0.1, -0.05) is 50.5 Å². The van der Waals surface area contributed by atoms with Crippen LogP contribution in [0.3, 0.4) is 0 Å². The van der Waals surface area contributed by atoms with E-state index in [-0.39, 0.29) is 36.7 Å². The second kappa shape index (κ2) is 13.2. The number of fused-ring (bicyclic) bond motifs is 2. The molecule has 0 radical (unpaired) electrons. The number of rotatable bonds is 10. The Balaban J connectivity index is 1.20. The van der Waals surface area contributed by atoms with Crippen LogP contribution in [-0.2, 0) is 23.9 Å². The summed E-state index contributed by atoms with van der Waals surface area (Å²) in [5.41, 5.74) is 4.10. The lowest BCUT2D eigenvalue weighted by Crippen LogP contribution is -2.59. The summed E-state index contributed by atoms with van der Waals surface area (Å²) >= 11 is 0. The summed E-state index contributed by atoms with van der Waals surface area (Å²) in [6, 6.07) is 0. The normalized spacial score (nSPS) is 41.5. The maximum atomic E-state index is 14.2. The largest absolute Gasteiger partial charge is 0.457 e. The van der Waals surface area contributed by atoms with E-state index >= 15 is 0 Å². The summed E-state index contributed by atoms with van der Waals surface area (Å²) in [5.74, 6) is -1.19. The first-order valence-corrected chi connectivity index (χ1v) is 17.7. The molecular formula is C35H54N2O7. The van der Waals surface area contributed by atoms with Crippen LogP contribution in [0.5, 0.6) is 0 Å². The topological polar surface area (TPSA) is 151 Å². The molecule has 6 rings (SSSR count). The third-order valence-corrected chi connectivity index (χ3v) is 12.4. The number of aliphatic hydroxyl groups is 2. The van der Waals surface area contributed by atoms with Gasteiger partial charge in [-0.2, -0.15) is 0 Å². The number of nitrogens with two attached hydrogens (primary N) is 1. The van der Waals surface area contributed by atoms with Crippen molar-refractivity contribution in [2.45, 2.75) is 146 Å². The zero-order valence-corrected chi connectivity index (χ0v) is 26.6. The molecule has 2 saturated heterocycles. The number of aliphatic hydroxyl groups excluding tert-OH is 2. The third kappa shape index (κ3) is 5.85. The molecule has 2 aliphatic heterocycles. The van der Waals surface area contributed by atoms with Crippen molar-refractivity contribution in [1.82, 2.24) is 5.32 Å². The fourth-order valence-electron chi connectivity index (χ4n) is 9.60. The van der Waals surface area contributed by atoms with E-state index in [1.54, 1.807) is 0 Å². The number of hydrogen-bond donors (Lipinski definition) is 4. The van der Waals surface area contributed by atoms with Gasteiger partial charge in [-0.3, -0.25) is 9.59 Å². The van der Waals surface area contributed by atoms with E-state index in [2.05, 4.69) is 5.32 Å². The standard InChI is InChI=1S/C35H54N2O7/c1-21(11-12-23-15-16-37-29(36)18-23)25(20-38)19-34-31(40)26-9-5-6-10-27(26)32(41)35(34,44-34)33(42)43-28-14-13-24(30(28)39)17-22-7-3-2-4-8-22/h22-24,26-30,37-39H,2-20,36H2,1H3. The number of carbonyl (C=O) groups excluding carboxylic acids is 3.